The predicted octanol–water partition coefficient (Wildman–Crippen LogP) is 7.37. The van der Waals surface area contributed by atoms with Gasteiger partial charge in [0, 0.05) is 5.41 Å². The smallest absolute Gasteiger partial charge is 0.162 e. The van der Waals surface area contributed by atoms with Crippen molar-refractivity contribution < 1.29 is 8.78 Å². The summed E-state index contributed by atoms with van der Waals surface area (Å²) in [6.45, 7) is 2.19. The van der Waals surface area contributed by atoms with Crippen molar-refractivity contribution in [1.29, 1.82) is 0 Å². The summed E-state index contributed by atoms with van der Waals surface area (Å²) in [6.07, 6.45) is 16.6. The van der Waals surface area contributed by atoms with Crippen LogP contribution in [-0.4, -0.2) is 0 Å². The molecule has 0 unspecified atom stereocenters. The van der Waals surface area contributed by atoms with Gasteiger partial charge in [-0.15, -0.1) is 0 Å². The molecule has 0 atom stereocenters. The number of hydrogen-bond donors (Lipinski definition) is 0. The lowest BCUT2D eigenvalue weighted by Gasteiger charge is -2.50. The lowest BCUT2D eigenvalue weighted by Crippen LogP contribution is -2.45. The second-order valence-electron chi connectivity index (χ2n) is 8.20. The SMILES string of the molecule is CCC[CH]C(c1cccc(F)c1F)(C1CCCCC1)C1CCCCC1. The Morgan fingerprint density at radius 1 is 0.920 bits per heavy atom. The minimum Gasteiger partial charge on any atom is -0.204 e. The molecular formula is C23H33F2. The Hall–Kier alpha value is -0.920. The van der Waals surface area contributed by atoms with Crippen molar-refractivity contribution >= 4 is 0 Å². The summed E-state index contributed by atoms with van der Waals surface area (Å²) >= 11 is 0. The average molecular weight is 348 g/mol. The van der Waals surface area contributed by atoms with Gasteiger partial charge in [-0.2, -0.15) is 0 Å². The highest BCUT2D eigenvalue weighted by molar-refractivity contribution is 5.34. The fourth-order valence-corrected chi connectivity index (χ4v) is 5.60. The minimum absolute atomic E-state index is 0.275. The molecule has 3 rings (SSSR count). The van der Waals surface area contributed by atoms with Gasteiger partial charge in [-0.25, -0.2) is 8.78 Å². The molecule has 2 saturated carbocycles. The number of hydrogen-bond acceptors (Lipinski definition) is 0. The van der Waals surface area contributed by atoms with E-state index in [1.165, 1.54) is 44.6 Å². The second-order valence-corrected chi connectivity index (χ2v) is 8.20. The van der Waals surface area contributed by atoms with Gasteiger partial charge in [0.15, 0.2) is 11.6 Å². The Balaban J connectivity index is 2.09. The molecule has 2 heteroatoms. The molecule has 25 heavy (non-hydrogen) atoms. The molecule has 1 radical (unpaired) electrons. The van der Waals surface area contributed by atoms with Crippen molar-refractivity contribution in [3.05, 3.63) is 41.8 Å². The molecule has 2 aliphatic rings. The number of unbranched alkanes of at least 4 members (excludes halogenated alkanes) is 1. The molecule has 0 heterocycles. The van der Waals surface area contributed by atoms with Crippen molar-refractivity contribution in [2.75, 3.05) is 0 Å². The van der Waals surface area contributed by atoms with E-state index in [4.69, 9.17) is 0 Å². The fraction of sp³-hybridized carbons (Fsp3) is 0.696. The second kappa shape index (κ2) is 8.64. The summed E-state index contributed by atoms with van der Waals surface area (Å²) in [6, 6.07) is 4.87. The summed E-state index contributed by atoms with van der Waals surface area (Å²) in [7, 11) is 0. The fourth-order valence-electron chi connectivity index (χ4n) is 5.60. The van der Waals surface area contributed by atoms with E-state index in [-0.39, 0.29) is 5.41 Å². The van der Waals surface area contributed by atoms with Crippen molar-refractivity contribution in [2.45, 2.75) is 89.4 Å². The maximum atomic E-state index is 15.0. The number of rotatable bonds is 6. The van der Waals surface area contributed by atoms with Gasteiger partial charge in [0.05, 0.1) is 0 Å². The van der Waals surface area contributed by atoms with Crippen LogP contribution in [0.25, 0.3) is 0 Å². The van der Waals surface area contributed by atoms with Crippen LogP contribution in [0.1, 0.15) is 89.5 Å². The lowest BCUT2D eigenvalue weighted by molar-refractivity contribution is 0.119. The molecule has 2 fully saturated rings. The van der Waals surface area contributed by atoms with Gasteiger partial charge in [-0.1, -0.05) is 64.0 Å². The standard InChI is InChI=1S/C23H33F2/c1-2-3-17-23(18-11-6-4-7-12-18,19-13-8-5-9-14-19)20-15-10-16-21(24)22(20)25/h10,15-19H,2-9,11-14H2,1H3. The molecule has 0 aromatic heterocycles. The van der Waals surface area contributed by atoms with Crippen LogP contribution in [0.4, 0.5) is 8.78 Å². The molecular weight excluding hydrogens is 314 g/mol. The van der Waals surface area contributed by atoms with E-state index in [9.17, 15) is 4.39 Å². The Labute approximate surface area is 152 Å². The third kappa shape index (κ3) is 3.78. The van der Waals surface area contributed by atoms with Gasteiger partial charge in [-0.05, 0) is 62.0 Å². The Morgan fingerprint density at radius 2 is 1.48 bits per heavy atom. The Bertz CT molecular complexity index is 521. The first-order valence-electron chi connectivity index (χ1n) is 10.5. The topological polar surface area (TPSA) is 0 Å². The van der Waals surface area contributed by atoms with Crippen LogP contribution in [0.3, 0.4) is 0 Å². The third-order valence-electron chi connectivity index (χ3n) is 6.75. The van der Waals surface area contributed by atoms with Gasteiger partial charge >= 0.3 is 0 Å². The molecule has 1 aromatic rings. The summed E-state index contributed by atoms with van der Waals surface area (Å²) in [5.74, 6) is -0.344. The van der Waals surface area contributed by atoms with E-state index in [1.807, 2.05) is 6.07 Å². The Morgan fingerprint density at radius 3 is 2.00 bits per heavy atom. The Kier molecular flexibility index (Phi) is 6.52. The molecule has 0 spiro atoms. The zero-order valence-electron chi connectivity index (χ0n) is 15.7. The average Bonchev–Trinajstić information content (AvgIpc) is 2.67. The molecule has 1 aromatic carbocycles. The highest BCUT2D eigenvalue weighted by atomic mass is 19.2. The first kappa shape index (κ1) is 18.9. The van der Waals surface area contributed by atoms with Crippen molar-refractivity contribution in [1.82, 2.24) is 0 Å². The van der Waals surface area contributed by atoms with E-state index >= 15 is 4.39 Å². The van der Waals surface area contributed by atoms with E-state index in [0.717, 1.165) is 38.5 Å². The van der Waals surface area contributed by atoms with Gasteiger partial charge < -0.3 is 0 Å². The van der Waals surface area contributed by atoms with Crippen LogP contribution in [0, 0.1) is 29.9 Å². The summed E-state index contributed by atoms with van der Waals surface area (Å²) < 4.78 is 29.2. The highest BCUT2D eigenvalue weighted by Crippen LogP contribution is 2.53. The number of benzene rings is 1. The van der Waals surface area contributed by atoms with Crippen LogP contribution in [0.2, 0.25) is 0 Å². The predicted molar refractivity (Wildman–Crippen MR) is 100 cm³/mol. The van der Waals surface area contributed by atoms with Crippen LogP contribution < -0.4 is 0 Å². The van der Waals surface area contributed by atoms with Gasteiger partial charge in [0.25, 0.3) is 0 Å². The van der Waals surface area contributed by atoms with E-state index in [0.29, 0.717) is 17.4 Å². The van der Waals surface area contributed by atoms with E-state index < -0.39 is 11.6 Å². The zero-order valence-corrected chi connectivity index (χ0v) is 15.7. The molecule has 2 aliphatic carbocycles. The monoisotopic (exact) mass is 347 g/mol. The molecule has 0 aliphatic heterocycles. The van der Waals surface area contributed by atoms with E-state index in [1.54, 1.807) is 6.07 Å². The van der Waals surface area contributed by atoms with Crippen LogP contribution >= 0.6 is 0 Å². The van der Waals surface area contributed by atoms with Gasteiger partial charge in [-0.3, -0.25) is 0 Å². The normalized spacial score (nSPS) is 20.8. The van der Waals surface area contributed by atoms with Crippen molar-refractivity contribution in [2.24, 2.45) is 11.8 Å². The molecule has 0 nitrogen and oxygen atoms in total. The first-order valence-corrected chi connectivity index (χ1v) is 10.5. The summed E-state index contributed by atoms with van der Waals surface area (Å²) in [4.78, 5) is 0. The minimum atomic E-state index is -0.682. The van der Waals surface area contributed by atoms with Crippen LogP contribution in [0.15, 0.2) is 18.2 Å². The van der Waals surface area contributed by atoms with Crippen molar-refractivity contribution in [3.8, 4) is 0 Å². The summed E-state index contributed by atoms with van der Waals surface area (Å²) in [5, 5.41) is 0. The molecule has 0 bridgehead atoms. The molecule has 139 valence electrons. The van der Waals surface area contributed by atoms with Gasteiger partial charge in [0.2, 0.25) is 0 Å². The van der Waals surface area contributed by atoms with Crippen LogP contribution in [-0.2, 0) is 5.41 Å². The zero-order chi connectivity index (χ0) is 17.7. The summed E-state index contributed by atoms with van der Waals surface area (Å²) in [5.41, 5.74) is 0.378. The maximum Gasteiger partial charge on any atom is 0.162 e. The lowest BCUT2D eigenvalue weighted by atomic mass is 9.54. The number of halogens is 2. The molecule has 0 N–H and O–H groups in total. The van der Waals surface area contributed by atoms with Crippen LogP contribution in [0.5, 0.6) is 0 Å². The van der Waals surface area contributed by atoms with Gasteiger partial charge in [0.1, 0.15) is 0 Å². The molecule has 0 amide bonds. The molecule has 0 saturated heterocycles. The maximum absolute atomic E-state index is 15.0. The highest BCUT2D eigenvalue weighted by Gasteiger charge is 2.48. The first-order chi connectivity index (χ1) is 12.2. The van der Waals surface area contributed by atoms with E-state index in [2.05, 4.69) is 13.3 Å². The van der Waals surface area contributed by atoms with Crippen molar-refractivity contribution in [3.63, 3.8) is 0 Å². The largest absolute Gasteiger partial charge is 0.204 e. The quantitative estimate of drug-likeness (QED) is 0.504. The third-order valence-corrected chi connectivity index (χ3v) is 6.75.